The second-order valence-corrected chi connectivity index (χ2v) is 3.78. The number of hydrogen-bond donors (Lipinski definition) is 0. The Morgan fingerprint density at radius 1 is 1.20 bits per heavy atom. The summed E-state index contributed by atoms with van der Waals surface area (Å²) in [6.07, 6.45) is 9.60. The van der Waals surface area contributed by atoms with Crippen LogP contribution in [0.5, 0.6) is 0 Å². The van der Waals surface area contributed by atoms with Gasteiger partial charge in [0.15, 0.2) is 6.29 Å². The highest BCUT2D eigenvalue weighted by Gasteiger charge is 1.88. The summed E-state index contributed by atoms with van der Waals surface area (Å²) < 4.78 is 0. The molecule has 0 bridgehead atoms. The normalized spacial score (nSPS) is 10.7. The van der Waals surface area contributed by atoms with Gasteiger partial charge in [0.1, 0.15) is 0 Å². The zero-order chi connectivity index (χ0) is 10.9. The van der Waals surface area contributed by atoms with Crippen LogP contribution in [-0.4, -0.2) is 6.29 Å². The molecule has 0 amide bonds. The van der Waals surface area contributed by atoms with E-state index in [1.165, 1.54) is 0 Å². The first-order chi connectivity index (χ1) is 7.33. The SMILES string of the molecule is O=[C]CCCC/C=C/c1ccc(Cl)cc1. The van der Waals surface area contributed by atoms with Crippen molar-refractivity contribution in [2.45, 2.75) is 25.7 Å². The van der Waals surface area contributed by atoms with Crippen molar-refractivity contribution in [2.75, 3.05) is 0 Å². The van der Waals surface area contributed by atoms with Gasteiger partial charge in [-0.25, -0.2) is 0 Å². The number of unbranched alkanes of at least 4 members (excludes halogenated alkanes) is 3. The minimum Gasteiger partial charge on any atom is -0.291 e. The van der Waals surface area contributed by atoms with E-state index in [1.807, 2.05) is 30.6 Å². The van der Waals surface area contributed by atoms with Crippen molar-refractivity contribution in [1.29, 1.82) is 0 Å². The highest BCUT2D eigenvalue weighted by atomic mass is 35.5. The Bertz CT molecular complexity index is 314. The Hall–Kier alpha value is -1.08. The van der Waals surface area contributed by atoms with Gasteiger partial charge in [0.25, 0.3) is 0 Å². The van der Waals surface area contributed by atoms with Gasteiger partial charge in [0.05, 0.1) is 0 Å². The zero-order valence-electron chi connectivity index (χ0n) is 8.58. The average Bonchev–Trinajstić information content (AvgIpc) is 2.26. The quantitative estimate of drug-likeness (QED) is 0.663. The lowest BCUT2D eigenvalue weighted by Gasteiger charge is -1.94. The molecule has 0 aliphatic rings. The molecule has 0 aliphatic carbocycles. The van der Waals surface area contributed by atoms with Gasteiger partial charge in [-0.15, -0.1) is 0 Å². The number of halogens is 1. The number of benzene rings is 1. The molecule has 0 saturated heterocycles. The van der Waals surface area contributed by atoms with Gasteiger partial charge in [0.2, 0.25) is 0 Å². The Morgan fingerprint density at radius 3 is 2.60 bits per heavy atom. The van der Waals surface area contributed by atoms with Crippen molar-refractivity contribution in [2.24, 2.45) is 0 Å². The average molecular weight is 222 g/mol. The molecule has 1 aromatic rings. The van der Waals surface area contributed by atoms with E-state index in [2.05, 4.69) is 12.2 Å². The van der Waals surface area contributed by atoms with Crippen LogP contribution in [0.3, 0.4) is 0 Å². The van der Waals surface area contributed by atoms with Crippen molar-refractivity contribution >= 4 is 24.0 Å². The molecule has 0 atom stereocenters. The van der Waals surface area contributed by atoms with Gasteiger partial charge in [-0.2, -0.15) is 0 Å². The molecule has 0 spiro atoms. The van der Waals surface area contributed by atoms with Crippen LogP contribution in [0.25, 0.3) is 6.08 Å². The van der Waals surface area contributed by atoms with Crippen molar-refractivity contribution < 1.29 is 4.79 Å². The highest BCUT2D eigenvalue weighted by Crippen LogP contribution is 2.11. The van der Waals surface area contributed by atoms with E-state index in [4.69, 9.17) is 11.6 Å². The minimum atomic E-state index is 0.550. The molecule has 0 saturated carbocycles. The summed E-state index contributed by atoms with van der Waals surface area (Å²) in [5, 5.41) is 0.758. The topological polar surface area (TPSA) is 17.1 Å². The van der Waals surface area contributed by atoms with Gasteiger partial charge >= 0.3 is 0 Å². The first kappa shape index (κ1) is 12.0. The summed E-state index contributed by atoms with van der Waals surface area (Å²) in [4.78, 5) is 9.94. The van der Waals surface area contributed by atoms with Crippen molar-refractivity contribution in [3.05, 3.63) is 40.9 Å². The lowest BCUT2D eigenvalue weighted by Crippen LogP contribution is -1.76. The zero-order valence-corrected chi connectivity index (χ0v) is 9.33. The molecule has 1 radical (unpaired) electrons. The van der Waals surface area contributed by atoms with Gasteiger partial charge in [0, 0.05) is 11.4 Å². The fourth-order valence-corrected chi connectivity index (χ4v) is 1.38. The first-order valence-corrected chi connectivity index (χ1v) is 5.48. The maximum atomic E-state index is 9.94. The van der Waals surface area contributed by atoms with Crippen LogP contribution in [0.2, 0.25) is 5.02 Å². The summed E-state index contributed by atoms with van der Waals surface area (Å²) >= 11 is 5.77. The van der Waals surface area contributed by atoms with Gasteiger partial charge in [-0.1, -0.05) is 35.9 Å². The Morgan fingerprint density at radius 2 is 1.93 bits per heavy atom. The summed E-state index contributed by atoms with van der Waals surface area (Å²) in [6.45, 7) is 0. The second-order valence-electron chi connectivity index (χ2n) is 3.34. The standard InChI is InChI=1S/C13H14ClO/c14-13-9-7-12(8-10-13)6-4-2-1-3-5-11-15/h4,6-10H,1-3,5H2/b6-4+. The van der Waals surface area contributed by atoms with Crippen LogP contribution in [0.1, 0.15) is 31.2 Å². The summed E-state index contributed by atoms with van der Waals surface area (Å²) in [5.41, 5.74) is 1.15. The van der Waals surface area contributed by atoms with E-state index in [0.717, 1.165) is 29.8 Å². The Labute approximate surface area is 95.8 Å². The van der Waals surface area contributed by atoms with Crippen LogP contribution in [0.4, 0.5) is 0 Å². The number of rotatable bonds is 6. The summed E-state index contributed by atoms with van der Waals surface area (Å²) in [7, 11) is 0. The lowest BCUT2D eigenvalue weighted by molar-refractivity contribution is 0.547. The van der Waals surface area contributed by atoms with E-state index in [1.54, 1.807) is 0 Å². The lowest BCUT2D eigenvalue weighted by atomic mass is 10.1. The maximum Gasteiger partial charge on any atom is 0.198 e. The van der Waals surface area contributed by atoms with Gasteiger partial charge in [-0.05, 0) is 37.0 Å². The second kappa shape index (κ2) is 7.24. The summed E-state index contributed by atoms with van der Waals surface area (Å²) in [5.74, 6) is 0. The van der Waals surface area contributed by atoms with Crippen molar-refractivity contribution in [3.8, 4) is 0 Å². The molecule has 1 rings (SSSR count). The third-order valence-corrected chi connectivity index (χ3v) is 2.33. The van der Waals surface area contributed by atoms with Gasteiger partial charge in [-0.3, -0.25) is 4.79 Å². The van der Waals surface area contributed by atoms with E-state index in [-0.39, 0.29) is 0 Å². The Balaban J connectivity index is 2.25. The van der Waals surface area contributed by atoms with E-state index in [9.17, 15) is 4.79 Å². The molecule has 15 heavy (non-hydrogen) atoms. The molecule has 1 aromatic carbocycles. The fourth-order valence-electron chi connectivity index (χ4n) is 1.25. The molecule has 0 heterocycles. The smallest absolute Gasteiger partial charge is 0.198 e. The van der Waals surface area contributed by atoms with E-state index in [0.29, 0.717) is 6.42 Å². The highest BCUT2D eigenvalue weighted by molar-refractivity contribution is 6.30. The summed E-state index contributed by atoms with van der Waals surface area (Å²) in [6, 6.07) is 7.72. The monoisotopic (exact) mass is 221 g/mol. The maximum absolute atomic E-state index is 9.94. The van der Waals surface area contributed by atoms with Crippen LogP contribution in [0, 0.1) is 0 Å². The molecule has 0 aromatic heterocycles. The molecular formula is C13H14ClO. The molecule has 79 valence electrons. The Kier molecular flexibility index (Phi) is 5.79. The van der Waals surface area contributed by atoms with Crippen LogP contribution >= 0.6 is 11.6 Å². The van der Waals surface area contributed by atoms with E-state index < -0.39 is 0 Å². The van der Waals surface area contributed by atoms with Crippen LogP contribution in [-0.2, 0) is 4.79 Å². The number of hydrogen-bond acceptors (Lipinski definition) is 1. The molecule has 0 N–H and O–H groups in total. The fraction of sp³-hybridized carbons (Fsp3) is 0.308. The predicted octanol–water partition coefficient (Wildman–Crippen LogP) is 4.02. The molecule has 0 fully saturated rings. The van der Waals surface area contributed by atoms with Gasteiger partial charge < -0.3 is 0 Å². The molecule has 2 heteroatoms. The largest absolute Gasteiger partial charge is 0.291 e. The first-order valence-electron chi connectivity index (χ1n) is 5.10. The third kappa shape index (κ3) is 5.38. The van der Waals surface area contributed by atoms with Crippen molar-refractivity contribution in [3.63, 3.8) is 0 Å². The number of carbonyl (C=O) groups excluding carboxylic acids is 1. The molecular weight excluding hydrogens is 208 g/mol. The predicted molar refractivity (Wildman–Crippen MR) is 64.6 cm³/mol. The third-order valence-electron chi connectivity index (χ3n) is 2.08. The molecule has 1 nitrogen and oxygen atoms in total. The van der Waals surface area contributed by atoms with Crippen LogP contribution in [0.15, 0.2) is 30.3 Å². The molecule has 0 unspecified atom stereocenters. The van der Waals surface area contributed by atoms with Crippen molar-refractivity contribution in [1.82, 2.24) is 0 Å². The van der Waals surface area contributed by atoms with E-state index >= 15 is 0 Å². The number of allylic oxidation sites excluding steroid dienone is 1. The minimum absolute atomic E-state index is 0.550. The van der Waals surface area contributed by atoms with Crippen LogP contribution < -0.4 is 0 Å². The molecule has 0 aliphatic heterocycles.